The second-order valence-corrected chi connectivity index (χ2v) is 16.6. The van der Waals surface area contributed by atoms with Gasteiger partial charge in [0, 0.05) is 27.8 Å². The predicted molar refractivity (Wildman–Crippen MR) is 245 cm³/mol. The lowest BCUT2D eigenvalue weighted by atomic mass is 9.74. The highest BCUT2D eigenvalue weighted by Gasteiger charge is 2.41. The molecule has 0 saturated carbocycles. The molecule has 1 atom stereocenters. The normalized spacial score (nSPS) is 15.7. The molecule has 1 heteroatoms. The van der Waals surface area contributed by atoms with Crippen molar-refractivity contribution in [3.63, 3.8) is 0 Å². The van der Waals surface area contributed by atoms with Gasteiger partial charge in [-0.2, -0.15) is 0 Å². The van der Waals surface area contributed by atoms with Gasteiger partial charge in [-0.3, -0.25) is 0 Å². The van der Waals surface area contributed by atoms with Crippen LogP contribution in [0.15, 0.2) is 206 Å². The van der Waals surface area contributed by atoms with Gasteiger partial charge >= 0.3 is 0 Å². The van der Waals surface area contributed by atoms with Gasteiger partial charge in [0.05, 0.1) is 5.69 Å². The summed E-state index contributed by atoms with van der Waals surface area (Å²) >= 11 is 0. The summed E-state index contributed by atoms with van der Waals surface area (Å²) in [5.41, 5.74) is 19.9. The van der Waals surface area contributed by atoms with Gasteiger partial charge in [0.15, 0.2) is 0 Å². The molecule has 1 nitrogen and oxygen atoms in total. The minimum absolute atomic E-state index is 0.155. The molecule has 276 valence electrons. The van der Waals surface area contributed by atoms with Crippen LogP contribution >= 0.6 is 0 Å². The molecule has 0 N–H and O–H groups in total. The number of nitrogens with zero attached hydrogens (tertiary/aromatic N) is 1. The van der Waals surface area contributed by atoms with E-state index in [2.05, 4.69) is 232 Å². The van der Waals surface area contributed by atoms with Gasteiger partial charge in [-0.1, -0.05) is 190 Å². The second-order valence-electron chi connectivity index (χ2n) is 16.6. The Labute approximate surface area is 341 Å². The maximum atomic E-state index is 2.49. The lowest BCUT2D eigenvalue weighted by Gasteiger charge is -2.32. The van der Waals surface area contributed by atoms with Crippen molar-refractivity contribution in [1.82, 2.24) is 0 Å². The van der Waals surface area contributed by atoms with Crippen LogP contribution in [0.25, 0.3) is 55.3 Å². The van der Waals surface area contributed by atoms with Crippen molar-refractivity contribution in [2.75, 3.05) is 4.90 Å². The summed E-state index contributed by atoms with van der Waals surface area (Å²) in [6, 6.07) is 76.5. The topological polar surface area (TPSA) is 3.24 Å². The lowest BCUT2D eigenvalue weighted by Crippen LogP contribution is -2.23. The van der Waals surface area contributed by atoms with Crippen LogP contribution < -0.4 is 4.90 Å². The zero-order valence-corrected chi connectivity index (χ0v) is 33.1. The average molecular weight is 742 g/mol. The fourth-order valence-electron chi connectivity index (χ4n) is 10.4. The Morgan fingerprint density at radius 2 is 0.897 bits per heavy atom. The van der Waals surface area contributed by atoms with Crippen molar-refractivity contribution in [1.29, 1.82) is 0 Å². The molecule has 9 aromatic rings. The lowest BCUT2D eigenvalue weighted by molar-refractivity contribution is 0.662. The number of fused-ring (bicyclic) bond motifs is 7. The quantitative estimate of drug-likeness (QED) is 0.164. The van der Waals surface area contributed by atoms with E-state index < -0.39 is 0 Å². The number of para-hydroxylation sites is 1. The fourth-order valence-corrected chi connectivity index (χ4v) is 10.4. The molecule has 58 heavy (non-hydrogen) atoms. The predicted octanol–water partition coefficient (Wildman–Crippen LogP) is 15.3. The monoisotopic (exact) mass is 741 g/mol. The Hall–Kier alpha value is -6.96. The van der Waals surface area contributed by atoms with E-state index in [4.69, 9.17) is 0 Å². The van der Waals surface area contributed by atoms with E-state index in [-0.39, 0.29) is 10.8 Å². The summed E-state index contributed by atoms with van der Waals surface area (Å²) in [6.45, 7) is 7.17. The molecule has 0 saturated heterocycles. The highest BCUT2D eigenvalue weighted by molar-refractivity contribution is 5.98. The first-order valence-corrected chi connectivity index (χ1v) is 20.4. The molecule has 2 aliphatic rings. The highest BCUT2D eigenvalue weighted by Crippen LogP contribution is 2.56. The van der Waals surface area contributed by atoms with E-state index >= 15 is 0 Å². The number of hydrogen-bond acceptors (Lipinski definition) is 1. The van der Waals surface area contributed by atoms with Crippen LogP contribution in [0.4, 0.5) is 17.1 Å². The van der Waals surface area contributed by atoms with Crippen LogP contribution in [-0.4, -0.2) is 0 Å². The van der Waals surface area contributed by atoms with Crippen LogP contribution in [-0.2, 0) is 10.8 Å². The van der Waals surface area contributed by atoms with Gasteiger partial charge in [0.25, 0.3) is 0 Å². The molecule has 2 aliphatic carbocycles. The van der Waals surface area contributed by atoms with E-state index in [1.54, 1.807) is 0 Å². The first kappa shape index (κ1) is 34.3. The first-order chi connectivity index (χ1) is 28.4. The van der Waals surface area contributed by atoms with Gasteiger partial charge in [-0.05, 0) is 115 Å². The second kappa shape index (κ2) is 13.0. The standard InChI is InChI=1S/C57H43N/c1-56(2)51-28-12-9-23-46(51)49-26-16-27-50(55(49)56)48-24-11-14-30-54(48)58(41-33-31-39(32-34-41)44-25-15-18-38-17-7-8-21-43(38)44)42-35-36-47-45-22-10-13-29-52(45)57(3,53(47)37-42)40-19-5-4-6-20-40/h4-37H,1-3H3. The van der Waals surface area contributed by atoms with Crippen molar-refractivity contribution in [2.45, 2.75) is 31.6 Å². The number of anilines is 3. The first-order valence-electron chi connectivity index (χ1n) is 20.4. The molecule has 0 heterocycles. The third-order valence-electron chi connectivity index (χ3n) is 13.1. The molecule has 0 radical (unpaired) electrons. The van der Waals surface area contributed by atoms with Crippen molar-refractivity contribution in [3.8, 4) is 44.5 Å². The third-order valence-corrected chi connectivity index (χ3v) is 13.1. The Bertz CT molecular complexity index is 3040. The summed E-state index contributed by atoms with van der Waals surface area (Å²) in [4.78, 5) is 2.49. The summed E-state index contributed by atoms with van der Waals surface area (Å²) in [5.74, 6) is 0. The Kier molecular flexibility index (Phi) is 7.72. The van der Waals surface area contributed by atoms with Gasteiger partial charge in [0.2, 0.25) is 0 Å². The van der Waals surface area contributed by atoms with Crippen LogP contribution in [0.3, 0.4) is 0 Å². The molecule has 9 aromatic carbocycles. The number of hydrogen-bond donors (Lipinski definition) is 0. The molecule has 0 fully saturated rings. The summed E-state index contributed by atoms with van der Waals surface area (Å²) in [7, 11) is 0. The maximum absolute atomic E-state index is 2.49. The van der Waals surface area contributed by atoms with Gasteiger partial charge < -0.3 is 4.90 Å². The van der Waals surface area contributed by atoms with E-state index in [0.717, 1.165) is 17.1 Å². The molecular weight excluding hydrogens is 699 g/mol. The van der Waals surface area contributed by atoms with E-state index in [1.807, 2.05) is 0 Å². The zero-order chi connectivity index (χ0) is 39.0. The summed E-state index contributed by atoms with van der Waals surface area (Å²) in [6.07, 6.45) is 0. The molecule has 0 aromatic heterocycles. The molecule has 1 unspecified atom stereocenters. The van der Waals surface area contributed by atoms with Crippen molar-refractivity contribution >= 4 is 27.8 Å². The Morgan fingerprint density at radius 3 is 1.69 bits per heavy atom. The maximum Gasteiger partial charge on any atom is 0.0540 e. The van der Waals surface area contributed by atoms with E-state index in [9.17, 15) is 0 Å². The summed E-state index contributed by atoms with van der Waals surface area (Å²) in [5, 5.41) is 2.51. The molecular formula is C57H43N. The van der Waals surface area contributed by atoms with Crippen molar-refractivity contribution in [2.24, 2.45) is 0 Å². The van der Waals surface area contributed by atoms with Gasteiger partial charge in [0.1, 0.15) is 0 Å². The van der Waals surface area contributed by atoms with Crippen molar-refractivity contribution in [3.05, 3.63) is 234 Å². The zero-order valence-electron chi connectivity index (χ0n) is 33.1. The SMILES string of the molecule is CC1(C)c2ccccc2-c2cccc(-c3ccccc3N(c3ccc(-c4cccc5ccccc45)cc3)c3ccc4c(c3)C(C)(c3ccccc3)c3ccccc3-4)c21. The summed E-state index contributed by atoms with van der Waals surface area (Å²) < 4.78 is 0. The average Bonchev–Trinajstić information content (AvgIpc) is 3.68. The molecule has 0 aliphatic heterocycles. The largest absolute Gasteiger partial charge is 0.310 e. The van der Waals surface area contributed by atoms with Gasteiger partial charge in [-0.25, -0.2) is 0 Å². The van der Waals surface area contributed by atoms with Crippen LogP contribution in [0, 0.1) is 0 Å². The Morgan fingerprint density at radius 1 is 0.362 bits per heavy atom. The molecule has 0 amide bonds. The fraction of sp³-hybridized carbons (Fsp3) is 0.0877. The van der Waals surface area contributed by atoms with Crippen LogP contribution in [0.5, 0.6) is 0 Å². The third kappa shape index (κ3) is 5.03. The smallest absolute Gasteiger partial charge is 0.0540 e. The van der Waals surface area contributed by atoms with Crippen LogP contribution in [0.2, 0.25) is 0 Å². The number of benzene rings is 9. The molecule has 11 rings (SSSR count). The minimum Gasteiger partial charge on any atom is -0.310 e. The van der Waals surface area contributed by atoms with Crippen molar-refractivity contribution < 1.29 is 0 Å². The minimum atomic E-state index is -0.317. The highest BCUT2D eigenvalue weighted by atomic mass is 15.1. The number of rotatable bonds is 6. The van der Waals surface area contributed by atoms with Gasteiger partial charge in [-0.15, -0.1) is 0 Å². The van der Waals surface area contributed by atoms with Crippen LogP contribution in [0.1, 0.15) is 48.6 Å². The molecule has 0 bridgehead atoms. The molecule has 0 spiro atoms. The van der Waals surface area contributed by atoms with E-state index in [1.165, 1.54) is 83.1 Å². The van der Waals surface area contributed by atoms with E-state index in [0.29, 0.717) is 0 Å². The Balaban J connectivity index is 1.13.